The summed E-state index contributed by atoms with van der Waals surface area (Å²) in [5, 5.41) is 2.66. The molecular weight excluding hydrogens is 218 g/mol. The molecule has 0 aromatic carbocycles. The highest BCUT2D eigenvalue weighted by Crippen LogP contribution is 2.10. The molecule has 0 spiro atoms. The summed E-state index contributed by atoms with van der Waals surface area (Å²) in [6.45, 7) is 3.74. The van der Waals surface area contributed by atoms with E-state index in [0.29, 0.717) is 13.0 Å². The molecule has 0 bridgehead atoms. The summed E-state index contributed by atoms with van der Waals surface area (Å²) in [6, 6.07) is -0.511. The minimum Gasteiger partial charge on any atom is -0.354 e. The Balaban J connectivity index is 2.21. The maximum atomic E-state index is 11.8. The largest absolute Gasteiger partial charge is 0.354 e. The van der Waals surface area contributed by atoms with Gasteiger partial charge in [-0.2, -0.15) is 0 Å². The van der Waals surface area contributed by atoms with Crippen molar-refractivity contribution in [1.29, 1.82) is 0 Å². The van der Waals surface area contributed by atoms with E-state index in [4.69, 9.17) is 5.73 Å². The van der Waals surface area contributed by atoms with E-state index < -0.39 is 6.04 Å². The Morgan fingerprint density at radius 1 is 1.24 bits per heavy atom. The van der Waals surface area contributed by atoms with Gasteiger partial charge in [-0.3, -0.25) is 9.59 Å². The summed E-state index contributed by atoms with van der Waals surface area (Å²) in [7, 11) is 0. The Hall–Kier alpha value is -1.10. The highest BCUT2D eigenvalue weighted by molar-refractivity contribution is 5.82. The first kappa shape index (κ1) is 14.0. The van der Waals surface area contributed by atoms with Gasteiger partial charge in [0.1, 0.15) is 0 Å². The number of nitrogens with one attached hydrogen (secondary N) is 1. The van der Waals surface area contributed by atoms with Gasteiger partial charge in [0.2, 0.25) is 11.8 Å². The molecule has 17 heavy (non-hydrogen) atoms. The van der Waals surface area contributed by atoms with Crippen LogP contribution in [0.25, 0.3) is 0 Å². The molecule has 0 radical (unpaired) electrons. The van der Waals surface area contributed by atoms with Gasteiger partial charge in [-0.1, -0.05) is 12.8 Å². The summed E-state index contributed by atoms with van der Waals surface area (Å²) in [4.78, 5) is 24.9. The Kier molecular flexibility index (Phi) is 5.97. The van der Waals surface area contributed by atoms with Gasteiger partial charge in [0.15, 0.2) is 0 Å². The monoisotopic (exact) mass is 241 g/mol. The fourth-order valence-electron chi connectivity index (χ4n) is 1.93. The van der Waals surface area contributed by atoms with Crippen molar-refractivity contribution in [3.63, 3.8) is 0 Å². The lowest BCUT2D eigenvalue weighted by molar-refractivity contribution is -0.131. The normalized spacial score (nSPS) is 18.4. The molecule has 5 heteroatoms. The fraction of sp³-hybridized carbons (Fsp3) is 0.833. The van der Waals surface area contributed by atoms with Crippen LogP contribution in [0.5, 0.6) is 0 Å². The number of carbonyl (C=O) groups excluding carboxylic acids is 2. The first-order valence-corrected chi connectivity index (χ1v) is 6.42. The highest BCUT2D eigenvalue weighted by atomic mass is 16.2. The zero-order valence-electron chi connectivity index (χ0n) is 10.6. The number of nitrogens with two attached hydrogens (primary N) is 1. The van der Waals surface area contributed by atoms with Crippen molar-refractivity contribution in [1.82, 2.24) is 10.2 Å². The number of amides is 2. The molecule has 0 aliphatic carbocycles. The Morgan fingerprint density at radius 3 is 2.35 bits per heavy atom. The van der Waals surface area contributed by atoms with Gasteiger partial charge in [-0.05, 0) is 19.8 Å². The van der Waals surface area contributed by atoms with Crippen LogP contribution in [0.4, 0.5) is 0 Å². The molecule has 1 atom stereocenters. The Bertz CT molecular complexity index is 258. The van der Waals surface area contributed by atoms with Crippen LogP contribution < -0.4 is 11.1 Å². The molecular formula is C12H23N3O2. The lowest BCUT2D eigenvalue weighted by atomic mass is 10.2. The third kappa shape index (κ3) is 5.17. The van der Waals surface area contributed by atoms with Gasteiger partial charge in [-0.15, -0.1) is 0 Å². The van der Waals surface area contributed by atoms with Gasteiger partial charge in [0, 0.05) is 26.1 Å². The second-order valence-electron chi connectivity index (χ2n) is 4.62. The van der Waals surface area contributed by atoms with Crippen LogP contribution in [-0.4, -0.2) is 42.4 Å². The first-order chi connectivity index (χ1) is 8.11. The van der Waals surface area contributed by atoms with Crippen LogP contribution in [0.3, 0.4) is 0 Å². The lowest BCUT2D eigenvalue weighted by Gasteiger charge is -2.20. The van der Waals surface area contributed by atoms with Crippen molar-refractivity contribution in [3.05, 3.63) is 0 Å². The number of hydrogen-bond donors (Lipinski definition) is 2. The van der Waals surface area contributed by atoms with Crippen molar-refractivity contribution in [2.24, 2.45) is 5.73 Å². The molecule has 98 valence electrons. The van der Waals surface area contributed by atoms with E-state index in [1.54, 1.807) is 6.92 Å². The zero-order chi connectivity index (χ0) is 12.7. The van der Waals surface area contributed by atoms with Crippen LogP contribution in [0, 0.1) is 0 Å². The molecule has 0 saturated carbocycles. The van der Waals surface area contributed by atoms with Crippen molar-refractivity contribution < 1.29 is 9.59 Å². The van der Waals surface area contributed by atoms with Gasteiger partial charge in [0.25, 0.3) is 0 Å². The summed E-state index contributed by atoms with van der Waals surface area (Å²) < 4.78 is 0. The SMILES string of the molecule is C[C@@H](N)C(=O)NCCC(=O)N1CCCCCC1. The number of likely N-dealkylation sites (tertiary alicyclic amines) is 1. The number of nitrogens with zero attached hydrogens (tertiary/aromatic N) is 1. The number of rotatable bonds is 4. The minimum atomic E-state index is -0.511. The molecule has 3 N–H and O–H groups in total. The fourth-order valence-corrected chi connectivity index (χ4v) is 1.93. The second-order valence-corrected chi connectivity index (χ2v) is 4.62. The van der Waals surface area contributed by atoms with Crippen molar-refractivity contribution >= 4 is 11.8 Å². The smallest absolute Gasteiger partial charge is 0.236 e. The average Bonchev–Trinajstić information content (AvgIpc) is 2.57. The first-order valence-electron chi connectivity index (χ1n) is 6.42. The van der Waals surface area contributed by atoms with E-state index >= 15 is 0 Å². The molecule has 1 aliphatic heterocycles. The molecule has 0 unspecified atom stereocenters. The topological polar surface area (TPSA) is 75.4 Å². The van der Waals surface area contributed by atoms with E-state index in [2.05, 4.69) is 5.32 Å². The van der Waals surface area contributed by atoms with Crippen molar-refractivity contribution in [3.8, 4) is 0 Å². The average molecular weight is 241 g/mol. The molecule has 1 aliphatic rings. The number of carbonyl (C=O) groups is 2. The summed E-state index contributed by atoms with van der Waals surface area (Å²) >= 11 is 0. The zero-order valence-corrected chi connectivity index (χ0v) is 10.6. The van der Waals surface area contributed by atoms with E-state index in [1.807, 2.05) is 4.90 Å². The van der Waals surface area contributed by atoms with Gasteiger partial charge < -0.3 is 16.0 Å². The van der Waals surface area contributed by atoms with Crippen molar-refractivity contribution in [2.75, 3.05) is 19.6 Å². The summed E-state index contributed by atoms with van der Waals surface area (Å²) in [5.41, 5.74) is 5.41. The van der Waals surface area contributed by atoms with Crippen LogP contribution in [0.2, 0.25) is 0 Å². The quantitative estimate of drug-likeness (QED) is 0.740. The van der Waals surface area contributed by atoms with E-state index in [0.717, 1.165) is 25.9 Å². The molecule has 0 aromatic rings. The third-order valence-corrected chi connectivity index (χ3v) is 3.01. The molecule has 5 nitrogen and oxygen atoms in total. The predicted octanol–water partition coefficient (Wildman–Crippen LogP) is 0.242. The highest BCUT2D eigenvalue weighted by Gasteiger charge is 2.15. The van der Waals surface area contributed by atoms with Gasteiger partial charge in [0.05, 0.1) is 6.04 Å². The van der Waals surface area contributed by atoms with Crippen LogP contribution >= 0.6 is 0 Å². The maximum absolute atomic E-state index is 11.8. The Labute approximate surface area is 103 Å². The van der Waals surface area contributed by atoms with E-state index in [1.165, 1.54) is 12.8 Å². The van der Waals surface area contributed by atoms with Crippen molar-refractivity contribution in [2.45, 2.75) is 45.1 Å². The van der Waals surface area contributed by atoms with Gasteiger partial charge >= 0.3 is 0 Å². The standard InChI is InChI=1S/C12H23N3O2/c1-10(13)12(17)14-7-6-11(16)15-8-4-2-3-5-9-15/h10H,2-9,13H2,1H3,(H,14,17)/t10-/m1/s1. The molecule has 0 aromatic heterocycles. The minimum absolute atomic E-state index is 0.136. The van der Waals surface area contributed by atoms with Crippen LogP contribution in [0.15, 0.2) is 0 Å². The second kappa shape index (κ2) is 7.27. The van der Waals surface area contributed by atoms with E-state index in [9.17, 15) is 9.59 Å². The number of hydrogen-bond acceptors (Lipinski definition) is 3. The lowest BCUT2D eigenvalue weighted by Crippen LogP contribution is -2.40. The van der Waals surface area contributed by atoms with Crippen LogP contribution in [-0.2, 0) is 9.59 Å². The molecule has 1 rings (SSSR count). The molecule has 1 saturated heterocycles. The summed E-state index contributed by atoms with van der Waals surface area (Å²) in [6.07, 6.45) is 4.99. The third-order valence-electron chi connectivity index (χ3n) is 3.01. The molecule has 2 amide bonds. The van der Waals surface area contributed by atoms with Crippen LogP contribution in [0.1, 0.15) is 39.0 Å². The summed E-state index contributed by atoms with van der Waals surface area (Å²) in [5.74, 6) is -0.0643. The predicted molar refractivity (Wildman–Crippen MR) is 66.3 cm³/mol. The molecule has 1 heterocycles. The molecule has 1 fully saturated rings. The Morgan fingerprint density at radius 2 is 1.82 bits per heavy atom. The maximum Gasteiger partial charge on any atom is 0.236 e. The van der Waals surface area contributed by atoms with Gasteiger partial charge in [-0.25, -0.2) is 0 Å². The van der Waals surface area contributed by atoms with E-state index in [-0.39, 0.29) is 11.8 Å².